The Balaban J connectivity index is 2.33. The zero-order valence-corrected chi connectivity index (χ0v) is 8.14. The molecule has 0 unspecified atom stereocenters. The normalized spacial score (nSPS) is 15.8. The predicted octanol–water partition coefficient (Wildman–Crippen LogP) is 2.55. The van der Waals surface area contributed by atoms with Gasteiger partial charge in [-0.3, -0.25) is 0 Å². The highest BCUT2D eigenvalue weighted by molar-refractivity contribution is 7.96. The van der Waals surface area contributed by atoms with Crippen molar-refractivity contribution in [2.75, 3.05) is 0 Å². The van der Waals surface area contributed by atoms with Gasteiger partial charge >= 0.3 is 0 Å². The molecular formula is C10H10N2S. The molecule has 0 bridgehead atoms. The van der Waals surface area contributed by atoms with Crippen molar-refractivity contribution in [1.29, 1.82) is 0 Å². The minimum atomic E-state index is 1.03. The maximum atomic E-state index is 4.30. The predicted molar refractivity (Wildman–Crippen MR) is 57.5 cm³/mol. The molecule has 0 saturated carbocycles. The molecule has 0 radical (unpaired) electrons. The molecule has 0 aromatic heterocycles. The van der Waals surface area contributed by atoms with E-state index in [0.29, 0.717) is 0 Å². The Morgan fingerprint density at radius 1 is 1.23 bits per heavy atom. The number of nitrogens with one attached hydrogen (secondary N) is 1. The number of allylic oxidation sites excluding steroid dienone is 2. The Bertz CT molecular complexity index is 354. The van der Waals surface area contributed by atoms with E-state index >= 15 is 0 Å². The van der Waals surface area contributed by atoms with Crippen LogP contribution in [0.25, 0.3) is 0 Å². The molecule has 1 aliphatic heterocycles. The first-order chi connectivity index (χ1) is 6.36. The van der Waals surface area contributed by atoms with Crippen molar-refractivity contribution in [2.24, 2.45) is 4.40 Å². The molecule has 0 saturated heterocycles. The van der Waals surface area contributed by atoms with E-state index in [1.807, 2.05) is 31.2 Å². The Labute approximate surface area is 82.0 Å². The molecular weight excluding hydrogens is 180 g/mol. The smallest absolute Gasteiger partial charge is 0.0904 e. The second-order valence-electron chi connectivity index (χ2n) is 2.86. The van der Waals surface area contributed by atoms with Gasteiger partial charge in [-0.15, -0.1) is 0 Å². The van der Waals surface area contributed by atoms with Crippen LogP contribution < -0.4 is 4.72 Å². The van der Waals surface area contributed by atoms with Crippen LogP contribution in [-0.2, 0) is 0 Å². The Hall–Kier alpha value is -1.22. The molecule has 1 heterocycles. The van der Waals surface area contributed by atoms with E-state index in [0.717, 1.165) is 17.0 Å². The number of hydrogen-bond acceptors (Lipinski definition) is 3. The second-order valence-corrected chi connectivity index (χ2v) is 3.43. The molecule has 0 fully saturated rings. The van der Waals surface area contributed by atoms with Crippen molar-refractivity contribution in [2.45, 2.75) is 6.92 Å². The van der Waals surface area contributed by atoms with E-state index < -0.39 is 0 Å². The van der Waals surface area contributed by atoms with Crippen molar-refractivity contribution in [1.82, 2.24) is 4.72 Å². The molecule has 1 aromatic rings. The van der Waals surface area contributed by atoms with Crippen LogP contribution in [0.5, 0.6) is 0 Å². The van der Waals surface area contributed by atoms with E-state index in [2.05, 4.69) is 21.3 Å². The SMILES string of the molecule is CC1=CC(c2ccccc2)=NSN1. The summed E-state index contributed by atoms with van der Waals surface area (Å²) in [5, 5.41) is 0. The van der Waals surface area contributed by atoms with E-state index in [1.54, 1.807) is 0 Å². The van der Waals surface area contributed by atoms with Crippen LogP contribution in [-0.4, -0.2) is 5.71 Å². The number of benzene rings is 1. The molecule has 1 N–H and O–H groups in total. The van der Waals surface area contributed by atoms with E-state index in [9.17, 15) is 0 Å². The summed E-state index contributed by atoms with van der Waals surface area (Å²) < 4.78 is 7.37. The van der Waals surface area contributed by atoms with Gasteiger partial charge in [-0.2, -0.15) is 4.40 Å². The van der Waals surface area contributed by atoms with Gasteiger partial charge in [0.25, 0.3) is 0 Å². The lowest BCUT2D eigenvalue weighted by Gasteiger charge is -2.10. The molecule has 2 nitrogen and oxygen atoms in total. The quantitative estimate of drug-likeness (QED) is 0.688. The highest BCUT2D eigenvalue weighted by atomic mass is 32.2. The largest absolute Gasteiger partial charge is 0.315 e. The van der Waals surface area contributed by atoms with Gasteiger partial charge in [-0.05, 0) is 13.0 Å². The average Bonchev–Trinajstić information content (AvgIpc) is 2.19. The molecule has 0 aliphatic carbocycles. The minimum Gasteiger partial charge on any atom is -0.315 e. The summed E-state index contributed by atoms with van der Waals surface area (Å²) in [7, 11) is 0. The molecule has 13 heavy (non-hydrogen) atoms. The summed E-state index contributed by atoms with van der Waals surface area (Å²) in [6, 6.07) is 10.2. The van der Waals surface area contributed by atoms with E-state index in [1.165, 1.54) is 12.1 Å². The third-order valence-corrected chi connectivity index (χ3v) is 2.47. The van der Waals surface area contributed by atoms with Crippen LogP contribution in [0.15, 0.2) is 46.5 Å². The van der Waals surface area contributed by atoms with Crippen LogP contribution >= 0.6 is 12.1 Å². The maximum absolute atomic E-state index is 4.30. The van der Waals surface area contributed by atoms with E-state index in [-0.39, 0.29) is 0 Å². The van der Waals surface area contributed by atoms with Crippen LogP contribution in [0.2, 0.25) is 0 Å². The summed E-state index contributed by atoms with van der Waals surface area (Å²) in [4.78, 5) is 0. The van der Waals surface area contributed by atoms with Gasteiger partial charge in [-0.1, -0.05) is 30.3 Å². The molecule has 0 atom stereocenters. The van der Waals surface area contributed by atoms with Crippen molar-refractivity contribution >= 4 is 17.8 Å². The highest BCUT2D eigenvalue weighted by Gasteiger charge is 2.04. The van der Waals surface area contributed by atoms with Crippen LogP contribution in [0.1, 0.15) is 12.5 Å². The van der Waals surface area contributed by atoms with Gasteiger partial charge in [0.15, 0.2) is 0 Å². The topological polar surface area (TPSA) is 24.4 Å². The lowest BCUT2D eigenvalue weighted by Crippen LogP contribution is -2.09. The minimum absolute atomic E-state index is 1.03. The van der Waals surface area contributed by atoms with Gasteiger partial charge in [0.1, 0.15) is 0 Å². The third kappa shape index (κ3) is 1.92. The molecule has 0 amide bonds. The summed E-state index contributed by atoms with van der Waals surface area (Å²) in [6.07, 6.45) is 2.05. The molecule has 1 aromatic carbocycles. The highest BCUT2D eigenvalue weighted by Crippen LogP contribution is 2.13. The summed E-state index contributed by atoms with van der Waals surface area (Å²) in [6.45, 7) is 2.03. The van der Waals surface area contributed by atoms with E-state index in [4.69, 9.17) is 0 Å². The van der Waals surface area contributed by atoms with Gasteiger partial charge in [0.05, 0.1) is 17.8 Å². The summed E-state index contributed by atoms with van der Waals surface area (Å²) in [5.74, 6) is 0. The van der Waals surface area contributed by atoms with Gasteiger partial charge in [0.2, 0.25) is 0 Å². The van der Waals surface area contributed by atoms with Gasteiger partial charge in [-0.25, -0.2) is 0 Å². The fourth-order valence-electron chi connectivity index (χ4n) is 1.15. The van der Waals surface area contributed by atoms with Gasteiger partial charge in [0, 0.05) is 11.3 Å². The van der Waals surface area contributed by atoms with Crippen LogP contribution in [0.3, 0.4) is 0 Å². The molecule has 0 spiro atoms. The first kappa shape index (κ1) is 8.38. The standard InChI is InChI=1S/C10H10N2S/c1-8-7-10(12-13-11-8)9-5-3-2-4-6-9/h2-7,11H,1H3. The fraction of sp³-hybridized carbons (Fsp3) is 0.100. The monoisotopic (exact) mass is 190 g/mol. The zero-order valence-electron chi connectivity index (χ0n) is 7.32. The van der Waals surface area contributed by atoms with Crippen LogP contribution in [0, 0.1) is 0 Å². The van der Waals surface area contributed by atoms with Crippen LogP contribution in [0.4, 0.5) is 0 Å². The first-order valence-corrected chi connectivity index (χ1v) is 4.87. The Morgan fingerprint density at radius 2 is 2.00 bits per heavy atom. The number of hydrogen-bond donors (Lipinski definition) is 1. The average molecular weight is 190 g/mol. The lowest BCUT2D eigenvalue weighted by molar-refractivity contribution is 1.20. The van der Waals surface area contributed by atoms with Crippen molar-refractivity contribution in [3.05, 3.63) is 47.7 Å². The Morgan fingerprint density at radius 3 is 2.69 bits per heavy atom. The van der Waals surface area contributed by atoms with Crippen molar-refractivity contribution < 1.29 is 0 Å². The summed E-state index contributed by atoms with van der Waals surface area (Å²) in [5.41, 5.74) is 3.33. The Kier molecular flexibility index (Phi) is 2.36. The van der Waals surface area contributed by atoms with Gasteiger partial charge < -0.3 is 4.72 Å². The van der Waals surface area contributed by atoms with Crippen molar-refractivity contribution in [3.8, 4) is 0 Å². The second kappa shape index (κ2) is 3.66. The molecule has 3 heteroatoms. The maximum Gasteiger partial charge on any atom is 0.0904 e. The number of rotatable bonds is 1. The third-order valence-electron chi connectivity index (χ3n) is 1.77. The number of nitrogens with zero attached hydrogens (tertiary/aromatic N) is 1. The zero-order chi connectivity index (χ0) is 9.10. The molecule has 1 aliphatic rings. The lowest BCUT2D eigenvalue weighted by atomic mass is 10.1. The molecule has 66 valence electrons. The fourth-order valence-corrected chi connectivity index (χ4v) is 1.65. The molecule has 2 rings (SSSR count). The summed E-state index contributed by atoms with van der Waals surface area (Å²) >= 11 is 1.38. The van der Waals surface area contributed by atoms with Crippen molar-refractivity contribution in [3.63, 3.8) is 0 Å². The first-order valence-electron chi connectivity index (χ1n) is 4.10.